The molecule has 0 saturated heterocycles. The van der Waals surface area contributed by atoms with Crippen LogP contribution in [0.1, 0.15) is 35.2 Å². The molecule has 1 aromatic carbocycles. The minimum absolute atomic E-state index is 0.829. The highest BCUT2D eigenvalue weighted by atomic mass is 15.0. The monoisotopic (exact) mass is 253 g/mol. The van der Waals surface area contributed by atoms with E-state index >= 15 is 0 Å². The van der Waals surface area contributed by atoms with E-state index < -0.39 is 0 Å². The van der Waals surface area contributed by atoms with Crippen molar-refractivity contribution in [3.05, 3.63) is 53.0 Å². The fraction of sp³-hybridized carbons (Fsp3) is 0.375. The van der Waals surface area contributed by atoms with Crippen molar-refractivity contribution in [1.29, 1.82) is 0 Å². The van der Waals surface area contributed by atoms with Crippen LogP contribution >= 0.6 is 0 Å². The third-order valence-corrected chi connectivity index (χ3v) is 3.83. The molecule has 3 nitrogen and oxygen atoms in total. The molecule has 1 N–H and O–H groups in total. The summed E-state index contributed by atoms with van der Waals surface area (Å²) in [6, 6.07) is 8.47. The molecule has 1 aromatic heterocycles. The fourth-order valence-corrected chi connectivity index (χ4v) is 2.66. The second-order valence-electron chi connectivity index (χ2n) is 5.13. The van der Waals surface area contributed by atoms with Crippen molar-refractivity contribution in [2.24, 2.45) is 0 Å². The van der Waals surface area contributed by atoms with Gasteiger partial charge >= 0.3 is 0 Å². The molecule has 0 amide bonds. The smallest absolute Gasteiger partial charge is 0.133 e. The highest BCUT2D eigenvalue weighted by Gasteiger charge is 2.15. The third kappa shape index (κ3) is 2.60. The number of rotatable bonds is 3. The summed E-state index contributed by atoms with van der Waals surface area (Å²) in [5.41, 5.74) is 5.19. The molecule has 98 valence electrons. The molecule has 3 heteroatoms. The van der Waals surface area contributed by atoms with Crippen molar-refractivity contribution in [1.82, 2.24) is 9.97 Å². The molecule has 0 spiro atoms. The van der Waals surface area contributed by atoms with Gasteiger partial charge in [0.25, 0.3) is 0 Å². The zero-order valence-corrected chi connectivity index (χ0v) is 11.3. The highest BCUT2D eigenvalue weighted by molar-refractivity contribution is 5.47. The van der Waals surface area contributed by atoms with Gasteiger partial charge in [0.05, 0.1) is 0 Å². The van der Waals surface area contributed by atoms with E-state index in [1.807, 2.05) is 0 Å². The average molecular weight is 253 g/mol. The molecule has 0 atom stereocenters. The van der Waals surface area contributed by atoms with Crippen LogP contribution in [0.25, 0.3) is 0 Å². The number of fused-ring (bicyclic) bond motifs is 1. The van der Waals surface area contributed by atoms with E-state index in [-0.39, 0.29) is 0 Å². The molecule has 3 rings (SSSR count). The predicted molar refractivity (Wildman–Crippen MR) is 77.2 cm³/mol. The van der Waals surface area contributed by atoms with Gasteiger partial charge in [-0.25, -0.2) is 9.97 Å². The largest absolute Gasteiger partial charge is 0.366 e. The molecule has 0 bridgehead atoms. The SMILES string of the molecule is Cc1ccccc1CNc1ncnc2c1CCCC2. The van der Waals surface area contributed by atoms with Gasteiger partial charge in [-0.3, -0.25) is 0 Å². The van der Waals surface area contributed by atoms with Gasteiger partial charge in [-0.2, -0.15) is 0 Å². The Morgan fingerprint density at radius 2 is 1.95 bits per heavy atom. The molecule has 0 saturated carbocycles. The number of aromatic nitrogens is 2. The minimum Gasteiger partial charge on any atom is -0.366 e. The first kappa shape index (κ1) is 12.2. The Labute approximate surface area is 114 Å². The molecule has 0 fully saturated rings. The number of hydrogen-bond acceptors (Lipinski definition) is 3. The fourth-order valence-electron chi connectivity index (χ4n) is 2.66. The summed E-state index contributed by atoms with van der Waals surface area (Å²) in [6.45, 7) is 2.97. The normalized spacial score (nSPS) is 13.9. The second-order valence-corrected chi connectivity index (χ2v) is 5.13. The first-order valence-corrected chi connectivity index (χ1v) is 6.96. The summed E-state index contributed by atoms with van der Waals surface area (Å²) in [7, 11) is 0. The van der Waals surface area contributed by atoms with Gasteiger partial charge in [-0.05, 0) is 43.7 Å². The lowest BCUT2D eigenvalue weighted by Gasteiger charge is -2.18. The van der Waals surface area contributed by atoms with E-state index in [0.29, 0.717) is 0 Å². The molecule has 19 heavy (non-hydrogen) atoms. The number of nitrogens with one attached hydrogen (secondary N) is 1. The summed E-state index contributed by atoms with van der Waals surface area (Å²) < 4.78 is 0. The molecule has 1 aliphatic carbocycles. The molecule has 0 radical (unpaired) electrons. The molecule has 0 aliphatic heterocycles. The van der Waals surface area contributed by atoms with E-state index in [0.717, 1.165) is 25.2 Å². The van der Waals surface area contributed by atoms with Crippen LogP contribution in [-0.4, -0.2) is 9.97 Å². The summed E-state index contributed by atoms with van der Waals surface area (Å²) in [5, 5.41) is 3.48. The van der Waals surface area contributed by atoms with Gasteiger partial charge < -0.3 is 5.32 Å². The number of benzene rings is 1. The molecular weight excluding hydrogens is 234 g/mol. The van der Waals surface area contributed by atoms with Gasteiger partial charge in [-0.15, -0.1) is 0 Å². The van der Waals surface area contributed by atoms with Crippen LogP contribution in [0.2, 0.25) is 0 Å². The molecule has 1 aliphatic rings. The summed E-state index contributed by atoms with van der Waals surface area (Å²) in [4.78, 5) is 8.82. The highest BCUT2D eigenvalue weighted by Crippen LogP contribution is 2.24. The van der Waals surface area contributed by atoms with Gasteiger partial charge in [0.15, 0.2) is 0 Å². The Hall–Kier alpha value is -1.90. The van der Waals surface area contributed by atoms with Crippen molar-refractivity contribution in [2.75, 3.05) is 5.32 Å². The number of hydrogen-bond donors (Lipinski definition) is 1. The lowest BCUT2D eigenvalue weighted by Crippen LogP contribution is -2.12. The van der Waals surface area contributed by atoms with Crippen molar-refractivity contribution >= 4 is 5.82 Å². The average Bonchev–Trinajstić information content (AvgIpc) is 2.46. The van der Waals surface area contributed by atoms with Crippen LogP contribution in [0.4, 0.5) is 5.82 Å². The zero-order valence-electron chi connectivity index (χ0n) is 11.3. The van der Waals surface area contributed by atoms with Gasteiger partial charge in [0.1, 0.15) is 12.1 Å². The van der Waals surface area contributed by atoms with Crippen LogP contribution in [-0.2, 0) is 19.4 Å². The summed E-state index contributed by atoms with van der Waals surface area (Å²) >= 11 is 0. The quantitative estimate of drug-likeness (QED) is 0.912. The van der Waals surface area contributed by atoms with E-state index in [1.165, 1.54) is 35.2 Å². The molecule has 1 heterocycles. The van der Waals surface area contributed by atoms with Crippen LogP contribution < -0.4 is 5.32 Å². The van der Waals surface area contributed by atoms with Crippen molar-refractivity contribution in [2.45, 2.75) is 39.2 Å². The standard InChI is InChI=1S/C16H19N3/c1-12-6-2-3-7-13(12)10-17-16-14-8-4-5-9-15(14)18-11-19-16/h2-3,6-7,11H,4-5,8-10H2,1H3,(H,17,18,19). The Morgan fingerprint density at radius 3 is 2.84 bits per heavy atom. The Morgan fingerprint density at radius 1 is 1.11 bits per heavy atom. The second kappa shape index (κ2) is 5.39. The topological polar surface area (TPSA) is 37.8 Å². The maximum absolute atomic E-state index is 4.41. The number of anilines is 1. The van der Waals surface area contributed by atoms with E-state index in [1.54, 1.807) is 6.33 Å². The Kier molecular flexibility index (Phi) is 3.45. The van der Waals surface area contributed by atoms with Gasteiger partial charge in [-0.1, -0.05) is 24.3 Å². The van der Waals surface area contributed by atoms with E-state index in [4.69, 9.17) is 0 Å². The maximum atomic E-state index is 4.41. The van der Waals surface area contributed by atoms with Crippen molar-refractivity contribution < 1.29 is 0 Å². The van der Waals surface area contributed by atoms with Crippen LogP contribution in [0.15, 0.2) is 30.6 Å². The molecule has 2 aromatic rings. The van der Waals surface area contributed by atoms with Crippen LogP contribution in [0.5, 0.6) is 0 Å². The Balaban J connectivity index is 1.79. The third-order valence-electron chi connectivity index (χ3n) is 3.83. The van der Waals surface area contributed by atoms with Crippen LogP contribution in [0.3, 0.4) is 0 Å². The van der Waals surface area contributed by atoms with Crippen LogP contribution in [0, 0.1) is 6.92 Å². The van der Waals surface area contributed by atoms with E-state index in [9.17, 15) is 0 Å². The lowest BCUT2D eigenvalue weighted by atomic mass is 9.96. The van der Waals surface area contributed by atoms with Crippen molar-refractivity contribution in [3.8, 4) is 0 Å². The minimum atomic E-state index is 0.829. The summed E-state index contributed by atoms with van der Waals surface area (Å²) in [6.07, 6.45) is 6.38. The summed E-state index contributed by atoms with van der Waals surface area (Å²) in [5.74, 6) is 1.02. The Bertz CT molecular complexity index is 578. The predicted octanol–water partition coefficient (Wildman–Crippen LogP) is 3.28. The molecule has 0 unspecified atom stereocenters. The first-order valence-electron chi connectivity index (χ1n) is 6.96. The first-order chi connectivity index (χ1) is 9.34. The number of nitrogens with zero attached hydrogens (tertiary/aromatic N) is 2. The lowest BCUT2D eigenvalue weighted by molar-refractivity contribution is 0.663. The maximum Gasteiger partial charge on any atom is 0.133 e. The zero-order chi connectivity index (χ0) is 13.1. The van der Waals surface area contributed by atoms with E-state index in [2.05, 4.69) is 46.5 Å². The number of aryl methyl sites for hydroxylation is 2. The van der Waals surface area contributed by atoms with Crippen molar-refractivity contribution in [3.63, 3.8) is 0 Å². The van der Waals surface area contributed by atoms with Gasteiger partial charge in [0.2, 0.25) is 0 Å². The van der Waals surface area contributed by atoms with Gasteiger partial charge in [0, 0.05) is 17.8 Å². The molecular formula is C16H19N3.